The zero-order valence-electron chi connectivity index (χ0n) is 30.9. The molecule has 0 bridgehead atoms. The van der Waals surface area contributed by atoms with E-state index >= 15 is 4.79 Å². The van der Waals surface area contributed by atoms with Crippen LogP contribution in [0.3, 0.4) is 0 Å². The van der Waals surface area contributed by atoms with E-state index in [1.54, 1.807) is 18.3 Å². The molecule has 2 aliphatic carbocycles. The summed E-state index contributed by atoms with van der Waals surface area (Å²) >= 11 is 6.49. The quantitative estimate of drug-likeness (QED) is 0.0942. The van der Waals surface area contributed by atoms with Crippen LogP contribution in [0.1, 0.15) is 101 Å². The van der Waals surface area contributed by atoms with Crippen LogP contribution in [0.2, 0.25) is 5.02 Å². The molecule has 2 aromatic carbocycles. The molecule has 12 nitrogen and oxygen atoms in total. The van der Waals surface area contributed by atoms with Crippen LogP contribution in [0.5, 0.6) is 0 Å². The van der Waals surface area contributed by atoms with Crippen LogP contribution in [-0.2, 0) is 19.9 Å². The van der Waals surface area contributed by atoms with Gasteiger partial charge in [0.1, 0.15) is 12.9 Å². The standard InChI is InChI=1S/C39H40ClF4N9O3/c1-36(2,14-15-45)21-39(26-7-4-23(5-8-26)25-18-48-51(19-25)27-9-10-27)34(55)52(35(46)50-39)30(20-56-31(54)17-38(12-13-38)37(3,43)44)24-6-11-28(40)29(16-24)53-33(32(41)42)47-22-49-53/h4-8,11,16,18-19,22,27,30,32H,9-10,12-14,17,20-21H2,1-3H3,(H2,46,50)/t30-,39-/m1/s1. The number of aromatic nitrogens is 5. The fourth-order valence-electron chi connectivity index (χ4n) is 7.47. The van der Waals surface area contributed by atoms with E-state index in [-0.39, 0.29) is 47.9 Å². The van der Waals surface area contributed by atoms with Crippen molar-refractivity contribution in [3.63, 3.8) is 0 Å². The first-order valence-electron chi connectivity index (χ1n) is 18.2. The third kappa shape index (κ3) is 7.36. The molecule has 0 unspecified atom stereocenters. The monoisotopic (exact) mass is 793 g/mol. The summed E-state index contributed by atoms with van der Waals surface area (Å²) in [5, 5.41) is 18.1. The van der Waals surface area contributed by atoms with E-state index in [1.807, 2.05) is 36.9 Å². The Balaban J connectivity index is 1.28. The summed E-state index contributed by atoms with van der Waals surface area (Å²) in [5.74, 6) is -5.59. The molecular formula is C39H40ClF4N9O3. The van der Waals surface area contributed by atoms with Gasteiger partial charge in [-0.25, -0.2) is 32.2 Å². The van der Waals surface area contributed by atoms with E-state index in [4.69, 9.17) is 27.1 Å². The smallest absolute Gasteiger partial charge is 0.306 e. The average molecular weight is 794 g/mol. The van der Waals surface area contributed by atoms with E-state index in [1.165, 1.54) is 18.2 Å². The minimum Gasteiger partial charge on any atom is -0.463 e. The van der Waals surface area contributed by atoms with E-state index in [0.29, 0.717) is 11.6 Å². The molecule has 3 heterocycles. The molecule has 2 aromatic heterocycles. The van der Waals surface area contributed by atoms with E-state index < -0.39 is 65.5 Å². The van der Waals surface area contributed by atoms with Crippen LogP contribution in [0.25, 0.3) is 16.8 Å². The third-order valence-electron chi connectivity index (χ3n) is 11.0. The first kappa shape index (κ1) is 39.0. The van der Waals surface area contributed by atoms with Gasteiger partial charge in [0.25, 0.3) is 18.3 Å². The summed E-state index contributed by atoms with van der Waals surface area (Å²) in [6, 6.07) is 12.9. The number of nitriles is 1. The van der Waals surface area contributed by atoms with E-state index in [0.717, 1.165) is 46.8 Å². The molecule has 0 saturated heterocycles. The summed E-state index contributed by atoms with van der Waals surface area (Å²) < 4.78 is 65.2. The van der Waals surface area contributed by atoms with Crippen LogP contribution in [0.4, 0.5) is 17.6 Å². The maximum absolute atomic E-state index is 15.2. The second-order valence-corrected chi connectivity index (χ2v) is 16.2. The highest BCUT2D eigenvalue weighted by atomic mass is 35.5. The maximum atomic E-state index is 15.2. The van der Waals surface area contributed by atoms with Crippen molar-refractivity contribution in [2.75, 3.05) is 6.61 Å². The number of alkyl halides is 4. The second kappa shape index (κ2) is 14.3. The highest BCUT2D eigenvalue weighted by Crippen LogP contribution is 2.59. The summed E-state index contributed by atoms with van der Waals surface area (Å²) in [6.45, 7) is 3.87. The molecule has 2 atom stereocenters. The fourth-order valence-corrected chi connectivity index (χ4v) is 7.66. The van der Waals surface area contributed by atoms with Crippen LogP contribution in [-0.4, -0.2) is 59.8 Å². The average Bonchev–Trinajstić information content (AvgIpc) is 4.01. The van der Waals surface area contributed by atoms with Gasteiger partial charge in [-0.2, -0.15) is 15.5 Å². The van der Waals surface area contributed by atoms with Crippen LogP contribution >= 0.6 is 11.6 Å². The number of nitrogens with two attached hydrogens (primary N) is 1. The molecule has 2 fully saturated rings. The summed E-state index contributed by atoms with van der Waals surface area (Å²) in [6.07, 6.45) is 3.68. The number of esters is 1. The highest BCUT2D eigenvalue weighted by molar-refractivity contribution is 6.32. The van der Waals surface area contributed by atoms with Gasteiger partial charge in [0.05, 0.1) is 41.5 Å². The number of carbonyl (C=O) groups excluding carboxylic acids is 2. The first-order chi connectivity index (χ1) is 26.5. The number of hydrogen-bond acceptors (Lipinski definition) is 9. The van der Waals surface area contributed by atoms with Gasteiger partial charge in [0.15, 0.2) is 17.3 Å². The van der Waals surface area contributed by atoms with Crippen molar-refractivity contribution >= 4 is 29.4 Å². The van der Waals surface area contributed by atoms with Gasteiger partial charge in [-0.05, 0) is 73.3 Å². The SMILES string of the molecule is CC(C)(CC#N)C[C@]1(c2ccc(-c3cnn(C4CC4)c3)cc2)N=C(N)N([C@H](COC(=O)CC2(C(C)(F)F)CC2)c2ccc(Cl)c(-n3ncnc3C(F)F)c2)C1=O. The molecule has 3 aliphatic rings. The van der Waals surface area contributed by atoms with Crippen molar-refractivity contribution in [3.8, 4) is 22.9 Å². The Bertz CT molecular complexity index is 2220. The Morgan fingerprint density at radius 2 is 1.82 bits per heavy atom. The molecule has 294 valence electrons. The number of guanidine groups is 1. The van der Waals surface area contributed by atoms with Crippen molar-refractivity contribution in [1.29, 1.82) is 5.26 Å². The van der Waals surface area contributed by atoms with Gasteiger partial charge in [-0.15, -0.1) is 0 Å². The van der Waals surface area contributed by atoms with Crippen molar-refractivity contribution in [1.82, 2.24) is 29.4 Å². The number of nitrogens with zero attached hydrogens (tertiary/aromatic N) is 8. The molecule has 7 rings (SSSR count). The zero-order chi connectivity index (χ0) is 40.2. The van der Waals surface area contributed by atoms with Gasteiger partial charge in [0, 0.05) is 23.6 Å². The summed E-state index contributed by atoms with van der Waals surface area (Å²) in [4.78, 5) is 38.0. The molecule has 1 amide bonds. The van der Waals surface area contributed by atoms with E-state index in [2.05, 4.69) is 21.3 Å². The molecule has 2 N–H and O–H groups in total. The van der Waals surface area contributed by atoms with Crippen molar-refractivity contribution < 1.29 is 31.9 Å². The zero-order valence-corrected chi connectivity index (χ0v) is 31.7. The van der Waals surface area contributed by atoms with Crippen molar-refractivity contribution in [2.45, 2.75) is 95.7 Å². The van der Waals surface area contributed by atoms with Crippen LogP contribution < -0.4 is 5.73 Å². The Morgan fingerprint density at radius 1 is 1.11 bits per heavy atom. The Hall–Kier alpha value is -5.30. The minimum absolute atomic E-state index is 0.0139. The van der Waals surface area contributed by atoms with Crippen molar-refractivity contribution in [2.24, 2.45) is 21.6 Å². The Kier molecular flexibility index (Phi) is 9.97. The number of ether oxygens (including phenoxy) is 1. The minimum atomic E-state index is -3.12. The Labute approximate surface area is 325 Å². The van der Waals surface area contributed by atoms with Gasteiger partial charge in [-0.1, -0.05) is 55.8 Å². The normalized spacial score (nSPS) is 19.9. The summed E-state index contributed by atoms with van der Waals surface area (Å²) in [7, 11) is 0. The van der Waals surface area contributed by atoms with Gasteiger partial charge in [-0.3, -0.25) is 19.2 Å². The largest absolute Gasteiger partial charge is 0.463 e. The maximum Gasteiger partial charge on any atom is 0.306 e. The molecule has 0 spiro atoms. The topological polar surface area (TPSA) is 157 Å². The number of benzene rings is 2. The van der Waals surface area contributed by atoms with Gasteiger partial charge < -0.3 is 10.5 Å². The lowest BCUT2D eigenvalue weighted by Crippen LogP contribution is -2.47. The molecule has 56 heavy (non-hydrogen) atoms. The first-order valence-corrected chi connectivity index (χ1v) is 18.6. The summed E-state index contributed by atoms with van der Waals surface area (Å²) in [5.41, 5.74) is 5.16. The number of amides is 1. The molecule has 4 aromatic rings. The number of hydrogen-bond donors (Lipinski definition) is 1. The lowest BCUT2D eigenvalue weighted by Gasteiger charge is -2.35. The molecule has 0 radical (unpaired) electrons. The van der Waals surface area contributed by atoms with E-state index in [9.17, 15) is 27.6 Å². The molecule has 17 heteroatoms. The predicted molar refractivity (Wildman–Crippen MR) is 197 cm³/mol. The predicted octanol–water partition coefficient (Wildman–Crippen LogP) is 7.85. The molecular weight excluding hydrogens is 754 g/mol. The molecule has 1 aliphatic heterocycles. The Morgan fingerprint density at radius 3 is 2.45 bits per heavy atom. The van der Waals surface area contributed by atoms with Crippen molar-refractivity contribution in [3.05, 3.63) is 83.2 Å². The molecule has 2 saturated carbocycles. The van der Waals surface area contributed by atoms with Gasteiger partial charge in [0.2, 0.25) is 0 Å². The fraction of sp³-hybridized carbons (Fsp3) is 0.462. The van der Waals surface area contributed by atoms with Gasteiger partial charge >= 0.3 is 5.97 Å². The lowest BCUT2D eigenvalue weighted by molar-refractivity contribution is -0.153. The second-order valence-electron chi connectivity index (χ2n) is 15.8. The highest BCUT2D eigenvalue weighted by Gasteiger charge is 2.60. The third-order valence-corrected chi connectivity index (χ3v) is 11.3. The number of carbonyl (C=O) groups is 2. The van der Waals surface area contributed by atoms with Crippen LogP contribution in [0.15, 0.2) is 66.2 Å². The number of halogens is 5. The lowest BCUT2D eigenvalue weighted by atomic mass is 9.73. The number of rotatable bonds is 15. The van der Waals surface area contributed by atoms with Crippen LogP contribution in [0, 0.1) is 22.2 Å². The number of aliphatic imine (C=N–C) groups is 1.